The number of methoxy groups -OCH3 is 1. The van der Waals surface area contributed by atoms with E-state index in [1.165, 1.54) is 13.2 Å². The first kappa shape index (κ1) is 15.2. The second kappa shape index (κ2) is 5.65. The number of hydrogen-bond acceptors (Lipinski definition) is 4. The van der Waals surface area contributed by atoms with Crippen molar-refractivity contribution in [1.82, 2.24) is 0 Å². The summed E-state index contributed by atoms with van der Waals surface area (Å²) in [5, 5.41) is 0. The van der Waals surface area contributed by atoms with Gasteiger partial charge in [-0.15, -0.1) is 0 Å². The Labute approximate surface area is 124 Å². The van der Waals surface area contributed by atoms with Crippen molar-refractivity contribution in [3.8, 4) is 5.75 Å². The standard InChI is InChI=1S/C15H18N2O3S/c1-10-8-9-12(11(2)15(10)16)17-21(18,19)14-7-5-4-6-13(14)20-3/h4-9,17H,16H2,1-3H3. The molecule has 21 heavy (non-hydrogen) atoms. The van der Waals surface area contributed by atoms with E-state index in [4.69, 9.17) is 10.5 Å². The first-order chi connectivity index (χ1) is 9.86. The van der Waals surface area contributed by atoms with Gasteiger partial charge in [0.2, 0.25) is 0 Å². The zero-order valence-electron chi connectivity index (χ0n) is 12.2. The van der Waals surface area contributed by atoms with Crippen molar-refractivity contribution in [2.24, 2.45) is 0 Å². The van der Waals surface area contributed by atoms with Crippen LogP contribution in [0.25, 0.3) is 0 Å². The van der Waals surface area contributed by atoms with Gasteiger partial charge in [-0.05, 0) is 43.2 Å². The second-order valence-corrected chi connectivity index (χ2v) is 6.38. The van der Waals surface area contributed by atoms with Crippen LogP contribution in [0.5, 0.6) is 5.75 Å². The van der Waals surface area contributed by atoms with Crippen LogP contribution in [0.1, 0.15) is 11.1 Å². The number of benzene rings is 2. The lowest BCUT2D eigenvalue weighted by Crippen LogP contribution is -2.15. The molecule has 2 aromatic rings. The van der Waals surface area contributed by atoms with Gasteiger partial charge in [0, 0.05) is 5.69 Å². The molecular formula is C15H18N2O3S. The number of aryl methyl sites for hydroxylation is 1. The van der Waals surface area contributed by atoms with E-state index in [0.717, 1.165) is 5.56 Å². The highest BCUT2D eigenvalue weighted by molar-refractivity contribution is 7.92. The lowest BCUT2D eigenvalue weighted by Gasteiger charge is -2.15. The third-order valence-corrected chi connectivity index (χ3v) is 4.74. The number of hydrogen-bond donors (Lipinski definition) is 2. The van der Waals surface area contributed by atoms with E-state index in [0.29, 0.717) is 22.7 Å². The molecule has 0 aliphatic heterocycles. The maximum Gasteiger partial charge on any atom is 0.265 e. The highest BCUT2D eigenvalue weighted by Gasteiger charge is 2.20. The molecule has 0 atom stereocenters. The predicted molar refractivity (Wildman–Crippen MR) is 84.1 cm³/mol. The van der Waals surface area contributed by atoms with Crippen LogP contribution in [0, 0.1) is 13.8 Å². The molecule has 5 nitrogen and oxygen atoms in total. The molecule has 2 rings (SSSR count). The van der Waals surface area contributed by atoms with Crippen molar-refractivity contribution in [3.63, 3.8) is 0 Å². The number of sulfonamides is 1. The van der Waals surface area contributed by atoms with Crippen molar-refractivity contribution >= 4 is 21.4 Å². The summed E-state index contributed by atoms with van der Waals surface area (Å²) in [4.78, 5) is 0.0889. The molecule has 0 radical (unpaired) electrons. The van der Waals surface area contributed by atoms with Crippen molar-refractivity contribution in [1.29, 1.82) is 0 Å². The Hall–Kier alpha value is -2.21. The number of para-hydroxylation sites is 1. The summed E-state index contributed by atoms with van der Waals surface area (Å²) in [6.07, 6.45) is 0. The fourth-order valence-corrected chi connectivity index (χ4v) is 3.31. The maximum absolute atomic E-state index is 12.5. The highest BCUT2D eigenvalue weighted by atomic mass is 32.2. The van der Waals surface area contributed by atoms with E-state index in [2.05, 4.69) is 4.72 Å². The number of nitrogens with two attached hydrogens (primary N) is 1. The van der Waals surface area contributed by atoms with E-state index in [1.807, 2.05) is 6.92 Å². The Morgan fingerprint density at radius 3 is 2.43 bits per heavy atom. The fraction of sp³-hybridized carbons (Fsp3) is 0.200. The van der Waals surface area contributed by atoms with Gasteiger partial charge in [-0.2, -0.15) is 0 Å². The normalized spacial score (nSPS) is 11.2. The van der Waals surface area contributed by atoms with Gasteiger partial charge in [-0.3, -0.25) is 4.72 Å². The number of ether oxygens (including phenoxy) is 1. The summed E-state index contributed by atoms with van der Waals surface area (Å²) >= 11 is 0. The topological polar surface area (TPSA) is 81.4 Å². The predicted octanol–water partition coefficient (Wildman–Crippen LogP) is 2.70. The number of nitrogen functional groups attached to an aromatic ring is 1. The van der Waals surface area contributed by atoms with Crippen LogP contribution in [-0.4, -0.2) is 15.5 Å². The van der Waals surface area contributed by atoms with E-state index < -0.39 is 10.0 Å². The third-order valence-electron chi connectivity index (χ3n) is 3.34. The molecule has 0 aromatic heterocycles. The van der Waals surface area contributed by atoms with Gasteiger partial charge in [0.05, 0.1) is 12.8 Å². The van der Waals surface area contributed by atoms with Crippen LogP contribution in [0.15, 0.2) is 41.3 Å². The molecule has 3 N–H and O–H groups in total. The monoisotopic (exact) mass is 306 g/mol. The number of rotatable bonds is 4. The molecule has 0 fully saturated rings. The minimum absolute atomic E-state index is 0.0889. The molecule has 0 saturated heterocycles. The lowest BCUT2D eigenvalue weighted by atomic mass is 10.1. The quantitative estimate of drug-likeness (QED) is 0.851. The molecule has 0 aliphatic carbocycles. The van der Waals surface area contributed by atoms with Crippen molar-refractivity contribution < 1.29 is 13.2 Å². The SMILES string of the molecule is COc1ccccc1S(=O)(=O)Nc1ccc(C)c(N)c1C. The summed E-state index contributed by atoms with van der Waals surface area (Å²) in [6, 6.07) is 9.94. The van der Waals surface area contributed by atoms with Gasteiger partial charge in [-0.1, -0.05) is 18.2 Å². The molecule has 0 spiro atoms. The van der Waals surface area contributed by atoms with E-state index in [1.54, 1.807) is 37.3 Å². The Kier molecular flexibility index (Phi) is 4.09. The van der Waals surface area contributed by atoms with Gasteiger partial charge in [0.1, 0.15) is 10.6 Å². The van der Waals surface area contributed by atoms with Crippen LogP contribution >= 0.6 is 0 Å². The molecular weight excluding hydrogens is 288 g/mol. The molecule has 0 aliphatic rings. The first-order valence-electron chi connectivity index (χ1n) is 6.38. The fourth-order valence-electron chi connectivity index (χ4n) is 2.02. The van der Waals surface area contributed by atoms with Crippen molar-refractivity contribution in [2.75, 3.05) is 17.6 Å². The Morgan fingerprint density at radius 2 is 1.76 bits per heavy atom. The van der Waals surface area contributed by atoms with Crippen LogP contribution < -0.4 is 15.2 Å². The number of anilines is 2. The van der Waals surface area contributed by atoms with Gasteiger partial charge in [0.25, 0.3) is 10.0 Å². The van der Waals surface area contributed by atoms with E-state index in [9.17, 15) is 8.42 Å². The summed E-state index contributed by atoms with van der Waals surface area (Å²) in [7, 11) is -2.30. The van der Waals surface area contributed by atoms with Gasteiger partial charge < -0.3 is 10.5 Å². The molecule has 0 bridgehead atoms. The van der Waals surface area contributed by atoms with Crippen LogP contribution in [0.2, 0.25) is 0 Å². The Bertz CT molecular complexity index is 770. The molecule has 6 heteroatoms. The van der Waals surface area contributed by atoms with Gasteiger partial charge in [-0.25, -0.2) is 8.42 Å². The van der Waals surface area contributed by atoms with Crippen LogP contribution in [-0.2, 0) is 10.0 Å². The Balaban J connectivity index is 2.45. The molecule has 0 heterocycles. The van der Waals surface area contributed by atoms with Crippen LogP contribution in [0.3, 0.4) is 0 Å². The van der Waals surface area contributed by atoms with E-state index >= 15 is 0 Å². The lowest BCUT2D eigenvalue weighted by molar-refractivity contribution is 0.403. The number of nitrogens with one attached hydrogen (secondary N) is 1. The zero-order chi connectivity index (χ0) is 15.6. The summed E-state index contributed by atoms with van der Waals surface area (Å²) in [5.74, 6) is 0.294. The van der Waals surface area contributed by atoms with E-state index in [-0.39, 0.29) is 4.90 Å². The minimum atomic E-state index is -3.74. The average molecular weight is 306 g/mol. The largest absolute Gasteiger partial charge is 0.495 e. The summed E-state index contributed by atoms with van der Waals surface area (Å²) in [5.41, 5.74) is 8.59. The first-order valence-corrected chi connectivity index (χ1v) is 7.86. The Morgan fingerprint density at radius 1 is 1.10 bits per heavy atom. The molecule has 2 aromatic carbocycles. The average Bonchev–Trinajstić information content (AvgIpc) is 2.48. The minimum Gasteiger partial charge on any atom is -0.495 e. The summed E-state index contributed by atoms with van der Waals surface area (Å²) < 4.78 is 32.7. The molecule has 0 unspecified atom stereocenters. The molecule has 0 amide bonds. The zero-order valence-corrected chi connectivity index (χ0v) is 13.0. The van der Waals surface area contributed by atoms with Crippen molar-refractivity contribution in [3.05, 3.63) is 47.5 Å². The maximum atomic E-state index is 12.5. The molecule has 0 saturated carbocycles. The van der Waals surface area contributed by atoms with Crippen LogP contribution in [0.4, 0.5) is 11.4 Å². The van der Waals surface area contributed by atoms with Gasteiger partial charge >= 0.3 is 0 Å². The highest BCUT2D eigenvalue weighted by Crippen LogP contribution is 2.29. The smallest absolute Gasteiger partial charge is 0.265 e. The third kappa shape index (κ3) is 2.95. The molecule has 112 valence electrons. The summed E-state index contributed by atoms with van der Waals surface area (Å²) in [6.45, 7) is 3.66. The van der Waals surface area contributed by atoms with Crippen molar-refractivity contribution in [2.45, 2.75) is 18.7 Å². The second-order valence-electron chi connectivity index (χ2n) is 4.73. The van der Waals surface area contributed by atoms with Gasteiger partial charge in [0.15, 0.2) is 0 Å².